The summed E-state index contributed by atoms with van der Waals surface area (Å²) in [4.78, 5) is 0. The molecule has 0 N–H and O–H groups in total. The van der Waals surface area contributed by atoms with Gasteiger partial charge in [-0.1, -0.05) is 202 Å². The molecule has 0 amide bonds. The van der Waals surface area contributed by atoms with Crippen LogP contribution in [-0.4, -0.2) is 0 Å². The maximum atomic E-state index is 2.62. The fourth-order valence-corrected chi connectivity index (χ4v) is 14.5. The predicted molar refractivity (Wildman–Crippen MR) is 310 cm³/mol. The van der Waals surface area contributed by atoms with Crippen LogP contribution in [0.25, 0.3) is 132 Å². The van der Waals surface area contributed by atoms with Crippen LogP contribution in [0.4, 0.5) is 0 Å². The second-order valence-corrected chi connectivity index (χ2v) is 22.2. The molecule has 0 aliphatic heterocycles. The number of aryl methyl sites for hydroxylation is 6. The second kappa shape index (κ2) is 14.8. The van der Waals surface area contributed by atoms with Crippen LogP contribution in [0.2, 0.25) is 0 Å². The van der Waals surface area contributed by atoms with E-state index >= 15 is 0 Å². The van der Waals surface area contributed by atoms with Gasteiger partial charge >= 0.3 is 0 Å². The Morgan fingerprint density at radius 1 is 0.278 bits per heavy atom. The Morgan fingerprint density at radius 2 is 0.653 bits per heavy atom. The highest BCUT2D eigenvalue weighted by Gasteiger charge is 2.43. The van der Waals surface area contributed by atoms with Gasteiger partial charge in [-0.15, -0.1) is 0 Å². The van der Waals surface area contributed by atoms with Crippen LogP contribution in [0, 0.1) is 53.4 Å². The van der Waals surface area contributed by atoms with Gasteiger partial charge in [0.15, 0.2) is 0 Å². The molecule has 342 valence electrons. The van der Waals surface area contributed by atoms with Crippen LogP contribution in [0.5, 0.6) is 0 Å². The number of allylic oxidation sites excluding steroid dienone is 8. The molecule has 0 heteroatoms. The molecular formula is C72H54. The van der Waals surface area contributed by atoms with E-state index < -0.39 is 0 Å². The lowest BCUT2D eigenvalue weighted by Gasteiger charge is -2.29. The van der Waals surface area contributed by atoms with Crippen molar-refractivity contribution >= 4 is 65.0 Å². The van der Waals surface area contributed by atoms with Crippen molar-refractivity contribution in [3.8, 4) is 66.8 Å². The van der Waals surface area contributed by atoms with Crippen LogP contribution >= 0.6 is 0 Å². The minimum atomic E-state index is 0.287. The average Bonchev–Trinajstić information content (AvgIpc) is 3.83. The highest BCUT2D eigenvalue weighted by molar-refractivity contribution is 6.39. The van der Waals surface area contributed by atoms with Gasteiger partial charge in [-0.3, -0.25) is 0 Å². The highest BCUT2D eigenvalue weighted by Crippen LogP contribution is 2.63. The molecule has 0 saturated carbocycles. The summed E-state index contributed by atoms with van der Waals surface area (Å²) in [5, 5.41) is 13.4. The third-order valence-corrected chi connectivity index (χ3v) is 16.9. The van der Waals surface area contributed by atoms with E-state index in [4.69, 9.17) is 0 Å². The number of rotatable bonds is 4. The minimum absolute atomic E-state index is 0.287. The molecule has 0 atom stereocenters. The predicted octanol–water partition coefficient (Wildman–Crippen LogP) is 20.0. The summed E-state index contributed by atoms with van der Waals surface area (Å²) in [6.07, 6.45) is 10.1. The molecule has 0 radical (unpaired) electrons. The van der Waals surface area contributed by atoms with Gasteiger partial charge in [0.25, 0.3) is 0 Å². The first-order valence-electron chi connectivity index (χ1n) is 26.0. The van der Waals surface area contributed by atoms with Crippen molar-refractivity contribution < 1.29 is 0 Å². The van der Waals surface area contributed by atoms with Gasteiger partial charge in [-0.2, -0.15) is 0 Å². The molecule has 4 aliphatic carbocycles. The molecule has 0 aromatic heterocycles. The summed E-state index contributed by atoms with van der Waals surface area (Å²) in [5.74, 6) is 0.616. The van der Waals surface area contributed by atoms with E-state index in [0.717, 1.165) is 0 Å². The van der Waals surface area contributed by atoms with Crippen LogP contribution < -0.4 is 0 Å². The van der Waals surface area contributed by atoms with E-state index in [1.807, 2.05) is 0 Å². The van der Waals surface area contributed by atoms with Gasteiger partial charge in [0.2, 0.25) is 0 Å². The molecule has 15 rings (SSSR count). The van der Waals surface area contributed by atoms with Crippen molar-refractivity contribution in [2.45, 2.75) is 55.4 Å². The van der Waals surface area contributed by atoms with Crippen molar-refractivity contribution in [2.24, 2.45) is 11.8 Å². The molecular weight excluding hydrogens is 865 g/mol. The van der Waals surface area contributed by atoms with E-state index in [9.17, 15) is 0 Å². The lowest BCUT2D eigenvalue weighted by atomic mass is 9.74. The van der Waals surface area contributed by atoms with Gasteiger partial charge < -0.3 is 0 Å². The van der Waals surface area contributed by atoms with E-state index in [2.05, 4.69) is 225 Å². The number of fused-ring (bicyclic) bond motifs is 9. The first-order chi connectivity index (χ1) is 34.9. The Kier molecular flexibility index (Phi) is 8.54. The van der Waals surface area contributed by atoms with Gasteiger partial charge in [0, 0.05) is 11.8 Å². The Hall–Kier alpha value is -8.06. The Bertz CT molecular complexity index is 4140. The second-order valence-electron chi connectivity index (χ2n) is 22.2. The molecule has 0 bridgehead atoms. The number of benzene rings is 11. The Morgan fingerprint density at radius 3 is 1.06 bits per heavy atom. The molecule has 11 aromatic rings. The smallest absolute Gasteiger partial charge is 0.0200 e. The first-order valence-corrected chi connectivity index (χ1v) is 26.0. The van der Waals surface area contributed by atoms with Gasteiger partial charge in [-0.25, -0.2) is 0 Å². The largest absolute Gasteiger partial charge is 0.0737 e. The Labute approximate surface area is 422 Å². The zero-order valence-electron chi connectivity index (χ0n) is 42.3. The van der Waals surface area contributed by atoms with E-state index in [0.29, 0.717) is 5.92 Å². The fourth-order valence-electron chi connectivity index (χ4n) is 14.5. The summed E-state index contributed by atoms with van der Waals surface area (Å²) in [6.45, 7) is 18.1. The average molecular weight is 919 g/mol. The third kappa shape index (κ3) is 5.75. The molecule has 0 spiro atoms. The van der Waals surface area contributed by atoms with Crippen molar-refractivity contribution in [3.05, 3.63) is 226 Å². The maximum Gasteiger partial charge on any atom is 0.0200 e. The van der Waals surface area contributed by atoms with Crippen molar-refractivity contribution in [1.29, 1.82) is 0 Å². The van der Waals surface area contributed by atoms with Gasteiger partial charge in [-0.05, 0) is 210 Å². The third-order valence-electron chi connectivity index (χ3n) is 16.9. The lowest BCUT2D eigenvalue weighted by Crippen LogP contribution is -2.16. The minimum Gasteiger partial charge on any atom is -0.0737 e. The van der Waals surface area contributed by atoms with Crippen molar-refractivity contribution in [2.75, 3.05) is 0 Å². The van der Waals surface area contributed by atoms with Gasteiger partial charge in [0.1, 0.15) is 0 Å². The molecule has 11 aromatic carbocycles. The maximum absolute atomic E-state index is 2.62. The fraction of sp³-hybridized carbons (Fsp3) is 0.139. The van der Waals surface area contributed by atoms with E-state index in [-0.39, 0.29) is 5.92 Å². The molecule has 72 heavy (non-hydrogen) atoms. The summed E-state index contributed by atoms with van der Waals surface area (Å²) in [6, 6.07) is 57.2. The van der Waals surface area contributed by atoms with E-state index in [1.54, 1.807) is 0 Å². The van der Waals surface area contributed by atoms with Crippen molar-refractivity contribution in [1.82, 2.24) is 0 Å². The summed E-state index contributed by atoms with van der Waals surface area (Å²) >= 11 is 0. The highest BCUT2D eigenvalue weighted by atomic mass is 14.5. The monoisotopic (exact) mass is 918 g/mol. The zero-order valence-corrected chi connectivity index (χ0v) is 42.3. The molecule has 0 nitrogen and oxygen atoms in total. The van der Waals surface area contributed by atoms with Crippen LogP contribution in [0.3, 0.4) is 0 Å². The lowest BCUT2D eigenvalue weighted by molar-refractivity contribution is 0.695. The summed E-state index contributed by atoms with van der Waals surface area (Å²) in [7, 11) is 0. The van der Waals surface area contributed by atoms with Gasteiger partial charge in [0.05, 0.1) is 0 Å². The molecule has 4 aliphatic rings. The van der Waals surface area contributed by atoms with Crippen LogP contribution in [-0.2, 0) is 0 Å². The zero-order chi connectivity index (χ0) is 48.6. The summed E-state index contributed by atoms with van der Waals surface area (Å²) in [5.41, 5.74) is 32.0. The molecule has 0 fully saturated rings. The van der Waals surface area contributed by atoms with Crippen molar-refractivity contribution in [3.63, 3.8) is 0 Å². The standard InChI is InChI=1S/C72H54/c1-37-11-9-13-45(25-37)50-15-17-52-54-19-21-56-58-35-60-61(36-59(58)57-22-20-55(69(54)70(56)57)53-18-16-51(67(50)68(52)53)46-14-10-12-38(2)26-46)66(49-29-41(5)24-42(6)30-49)72-63-34-44(8)32-47-31-43(7)33-62(64(47)63)71(72)65(60)48-27-39(3)23-40(4)28-48/h9-36,47,64H,1-8H3. The van der Waals surface area contributed by atoms with Crippen LogP contribution in [0.15, 0.2) is 181 Å². The molecule has 0 saturated heterocycles. The summed E-state index contributed by atoms with van der Waals surface area (Å²) < 4.78 is 0. The first kappa shape index (κ1) is 41.7. The number of hydrogen-bond acceptors (Lipinski definition) is 0. The topological polar surface area (TPSA) is 0 Å². The van der Waals surface area contributed by atoms with E-state index in [1.165, 1.54) is 187 Å². The number of hydrogen-bond donors (Lipinski definition) is 0. The molecule has 0 heterocycles. The Balaban J connectivity index is 1.07. The molecule has 0 unspecified atom stereocenters. The SMILES string of the molecule is CC1=CC2C=C(C)C=C3c4c(c(-c5cc(C)cc(C)c5)c5cc6c(cc5c4-c4cc(C)cc(C)c4)-c4ccc5c7ccc(-c8cccc(C)c8)c8c(-c9cccc(C)c9)ccc(c9ccc-6c4c95)c87)C(=C1)C32. The normalized spacial score (nSPS) is 16.4. The quantitative estimate of drug-likeness (QED) is 0.122. The van der Waals surface area contributed by atoms with Crippen LogP contribution in [0.1, 0.15) is 58.4 Å².